The van der Waals surface area contributed by atoms with Gasteiger partial charge in [0.2, 0.25) is 11.8 Å². The summed E-state index contributed by atoms with van der Waals surface area (Å²) in [6.45, 7) is 0.641. The maximum Gasteiger partial charge on any atom is 0.421 e. The highest BCUT2D eigenvalue weighted by Gasteiger charge is 2.76. The average molecular weight is 1100 g/mol. The van der Waals surface area contributed by atoms with Crippen molar-refractivity contribution in [3.63, 3.8) is 0 Å². The molecule has 2 fully saturated rings. The van der Waals surface area contributed by atoms with Crippen LogP contribution in [0.1, 0.15) is 68.3 Å². The van der Waals surface area contributed by atoms with Crippen molar-refractivity contribution in [2.75, 3.05) is 52.5 Å². The second kappa shape index (κ2) is 23.4. The SMILES string of the molecule is COc1cc2c(cc1OC)CN(C(=O)[C@H]1[C@@H]3C(=O)O[C@@H](c4ccccc4)[C@@H](c4ccccc4)N3[C@@H](c3ccc(OCCO)cc3)[C@]13C(=O)N(C(=O)OCc1ccc([N+](=O)[O-])cc1)c1ccc(C#CCN(C)Cc4ccccc4)cc13)CC2. The zero-order valence-electron chi connectivity index (χ0n) is 45.4. The van der Waals surface area contributed by atoms with Crippen LogP contribution in [0.3, 0.4) is 0 Å². The number of anilines is 1. The smallest absolute Gasteiger partial charge is 0.421 e. The molecule has 0 aliphatic carbocycles. The summed E-state index contributed by atoms with van der Waals surface area (Å²) in [7, 11) is 5.05. The van der Waals surface area contributed by atoms with E-state index in [0.29, 0.717) is 59.0 Å². The molecule has 0 bridgehead atoms. The number of non-ortho nitro benzene ring substituents is 1. The predicted molar refractivity (Wildman–Crippen MR) is 303 cm³/mol. The molecule has 11 rings (SSSR count). The molecule has 416 valence electrons. The third-order valence-corrected chi connectivity index (χ3v) is 15.9. The minimum Gasteiger partial charge on any atom is -0.493 e. The molecule has 0 aromatic heterocycles. The van der Waals surface area contributed by atoms with Gasteiger partial charge in [0.15, 0.2) is 11.5 Å². The number of methoxy groups -OCH3 is 2. The lowest BCUT2D eigenvalue weighted by atomic mass is 9.64. The van der Waals surface area contributed by atoms with Crippen LogP contribution >= 0.6 is 0 Å². The van der Waals surface area contributed by atoms with E-state index in [0.717, 1.165) is 27.2 Å². The summed E-state index contributed by atoms with van der Waals surface area (Å²) in [6, 6.07) is 46.6. The van der Waals surface area contributed by atoms with Crippen LogP contribution in [0.4, 0.5) is 16.2 Å². The molecule has 0 saturated carbocycles. The first-order chi connectivity index (χ1) is 39.9. The Bertz CT molecular complexity index is 3590. The molecule has 6 atom stereocenters. The number of benzene rings is 7. The third-order valence-electron chi connectivity index (χ3n) is 15.9. The largest absolute Gasteiger partial charge is 0.493 e. The number of amides is 3. The molecule has 17 heteroatoms. The molecule has 7 aromatic rings. The molecule has 4 heterocycles. The fraction of sp³-hybridized carbons (Fsp3) is 0.262. The number of nitro benzene ring substituents is 1. The van der Waals surface area contributed by atoms with Crippen LogP contribution in [0.2, 0.25) is 0 Å². The van der Waals surface area contributed by atoms with Gasteiger partial charge in [-0.05, 0) is 113 Å². The van der Waals surface area contributed by atoms with E-state index in [1.54, 1.807) is 54.5 Å². The topological polar surface area (TPSA) is 191 Å². The van der Waals surface area contributed by atoms with E-state index >= 15 is 19.2 Å². The fourth-order valence-electron chi connectivity index (χ4n) is 12.3. The van der Waals surface area contributed by atoms with Crippen LogP contribution in [0.5, 0.6) is 17.2 Å². The highest BCUT2D eigenvalue weighted by molar-refractivity contribution is 6.23. The number of hydrogen-bond acceptors (Lipinski definition) is 14. The van der Waals surface area contributed by atoms with Gasteiger partial charge in [-0.3, -0.25) is 34.3 Å². The van der Waals surface area contributed by atoms with Crippen LogP contribution in [0.25, 0.3) is 0 Å². The number of aliphatic hydroxyl groups is 1. The fourth-order valence-corrected chi connectivity index (χ4v) is 12.3. The van der Waals surface area contributed by atoms with E-state index in [4.69, 9.17) is 23.7 Å². The van der Waals surface area contributed by atoms with Crippen LogP contribution < -0.4 is 19.1 Å². The number of nitrogens with zero attached hydrogens (tertiary/aromatic N) is 5. The number of nitro groups is 1. The number of fused-ring (bicyclic) bond motifs is 4. The van der Waals surface area contributed by atoms with Crippen LogP contribution in [0, 0.1) is 27.9 Å². The lowest BCUT2D eigenvalue weighted by Gasteiger charge is -2.46. The molecule has 2 saturated heterocycles. The molecule has 0 unspecified atom stereocenters. The Morgan fingerprint density at radius 3 is 2.10 bits per heavy atom. The number of aliphatic hydroxyl groups excluding tert-OH is 1. The number of cyclic esters (lactones) is 1. The van der Waals surface area contributed by atoms with E-state index in [9.17, 15) is 15.2 Å². The van der Waals surface area contributed by atoms with Crippen molar-refractivity contribution in [2.45, 2.75) is 55.8 Å². The van der Waals surface area contributed by atoms with Crippen LogP contribution in [-0.4, -0.2) is 102 Å². The van der Waals surface area contributed by atoms with Gasteiger partial charge in [-0.2, -0.15) is 0 Å². The van der Waals surface area contributed by atoms with Crippen molar-refractivity contribution in [3.05, 3.63) is 230 Å². The standard InChI is InChI=1S/C65H59N5O12/c1-66(39-43-14-7-4-8-15-43)32-13-16-42-23-30-53-52(36-42)65(63(74)68(53)64(75)81-41-44-21-26-50(27-22-44)70(76)77)56(61(72)67-33-31-48-37-54(78-2)55(79-3)38-49(48)40-67)58-62(73)82-59(46-19-11-6-12-20-46)57(45-17-9-5-10-18-45)69(58)60(65)47-24-28-51(29-25-47)80-35-34-71/h4-12,14-15,17-30,36-38,56-60,71H,31-35,39-41H2,1-3H3/t56-,57-,58-,59+,60+,65-/m1/s1. The number of carbonyl (C=O) groups is 4. The lowest BCUT2D eigenvalue weighted by molar-refractivity contribution is -0.384. The van der Waals surface area contributed by atoms with Crippen molar-refractivity contribution >= 4 is 35.3 Å². The van der Waals surface area contributed by atoms with Crippen LogP contribution in [0.15, 0.2) is 170 Å². The highest BCUT2D eigenvalue weighted by atomic mass is 16.6. The van der Waals surface area contributed by atoms with Gasteiger partial charge in [0.1, 0.15) is 36.5 Å². The van der Waals surface area contributed by atoms with Gasteiger partial charge < -0.3 is 33.7 Å². The van der Waals surface area contributed by atoms with Crippen molar-refractivity contribution in [2.24, 2.45) is 5.92 Å². The number of ether oxygens (including phenoxy) is 5. The number of esters is 1. The summed E-state index contributed by atoms with van der Waals surface area (Å²) in [5.41, 5.74) is 3.67. The Hall–Kier alpha value is -9.34. The second-order valence-corrected chi connectivity index (χ2v) is 20.7. The lowest BCUT2D eigenvalue weighted by Crippen LogP contribution is -2.57. The monoisotopic (exact) mass is 1100 g/mol. The quantitative estimate of drug-likeness (QED) is 0.0443. The van der Waals surface area contributed by atoms with E-state index in [2.05, 4.69) is 16.7 Å². The molecule has 0 radical (unpaired) electrons. The van der Waals surface area contributed by atoms with Crippen molar-refractivity contribution in [1.82, 2.24) is 14.7 Å². The molecule has 1 spiro atoms. The first kappa shape index (κ1) is 54.6. The van der Waals surface area contributed by atoms with Crippen molar-refractivity contribution < 1.29 is 52.9 Å². The number of morpholine rings is 1. The van der Waals surface area contributed by atoms with Gasteiger partial charge >= 0.3 is 12.1 Å². The number of hydrogen-bond donors (Lipinski definition) is 1. The van der Waals surface area contributed by atoms with Gasteiger partial charge in [0.25, 0.3) is 5.69 Å². The molecular formula is C65H59N5O12. The summed E-state index contributed by atoms with van der Waals surface area (Å²) in [6.07, 6.45) is -1.66. The number of rotatable bonds is 15. The second-order valence-electron chi connectivity index (χ2n) is 20.7. The number of imide groups is 1. The minimum atomic E-state index is -2.13. The molecule has 4 aliphatic heterocycles. The van der Waals surface area contributed by atoms with Gasteiger partial charge in [-0.25, -0.2) is 9.69 Å². The normalized spacial score (nSPS) is 20.7. The Morgan fingerprint density at radius 2 is 1.44 bits per heavy atom. The summed E-state index contributed by atoms with van der Waals surface area (Å²) in [5, 5.41) is 21.3. The van der Waals surface area contributed by atoms with E-state index in [1.807, 2.05) is 115 Å². The summed E-state index contributed by atoms with van der Waals surface area (Å²) < 4.78 is 30.0. The van der Waals surface area contributed by atoms with Gasteiger partial charge in [-0.1, -0.05) is 115 Å². The molecule has 1 N–H and O–H groups in total. The van der Waals surface area contributed by atoms with Crippen molar-refractivity contribution in [1.29, 1.82) is 0 Å². The van der Waals surface area contributed by atoms with Crippen molar-refractivity contribution in [3.8, 4) is 29.1 Å². The predicted octanol–water partition coefficient (Wildman–Crippen LogP) is 9.05. The Balaban J connectivity index is 1.14. The molecule has 3 amide bonds. The minimum absolute atomic E-state index is 0.00441. The molecule has 7 aromatic carbocycles. The van der Waals surface area contributed by atoms with E-state index < -0.39 is 64.4 Å². The third kappa shape index (κ3) is 10.2. The highest BCUT2D eigenvalue weighted by Crippen LogP contribution is 2.66. The van der Waals surface area contributed by atoms with E-state index in [1.165, 1.54) is 31.4 Å². The first-order valence-electron chi connectivity index (χ1n) is 27.0. The van der Waals surface area contributed by atoms with Crippen LogP contribution in [-0.2, 0) is 55.4 Å². The Kier molecular flexibility index (Phi) is 15.6. The van der Waals surface area contributed by atoms with E-state index in [-0.39, 0.29) is 49.8 Å². The van der Waals surface area contributed by atoms with Gasteiger partial charge in [0.05, 0.1) is 56.0 Å². The maximum absolute atomic E-state index is 17.0. The number of carbonyl (C=O) groups excluding carboxylic acids is 4. The summed E-state index contributed by atoms with van der Waals surface area (Å²) in [5.74, 6) is 4.33. The molecular weight excluding hydrogens is 1040 g/mol. The zero-order valence-corrected chi connectivity index (χ0v) is 45.4. The van der Waals surface area contributed by atoms with Gasteiger partial charge in [-0.15, -0.1) is 0 Å². The van der Waals surface area contributed by atoms with Gasteiger partial charge in [0, 0.05) is 37.3 Å². The molecule has 17 nitrogen and oxygen atoms in total. The zero-order chi connectivity index (χ0) is 57.1. The summed E-state index contributed by atoms with van der Waals surface area (Å²) in [4.78, 5) is 82.4. The summed E-state index contributed by atoms with van der Waals surface area (Å²) >= 11 is 0. The average Bonchev–Trinajstić information content (AvgIpc) is 1.53. The molecule has 82 heavy (non-hydrogen) atoms. The maximum atomic E-state index is 17.0. The Morgan fingerprint density at radius 1 is 0.780 bits per heavy atom. The Labute approximate surface area is 474 Å². The first-order valence-corrected chi connectivity index (χ1v) is 27.0. The molecule has 4 aliphatic rings.